The van der Waals surface area contributed by atoms with Gasteiger partial charge in [-0.15, -0.1) is 0 Å². The highest BCUT2D eigenvalue weighted by Gasteiger charge is 2.19. The molecule has 2 aromatic heterocycles. The first-order valence-corrected chi connectivity index (χ1v) is 15.1. The van der Waals surface area contributed by atoms with Crippen molar-refractivity contribution in [2.45, 2.75) is 0 Å². The van der Waals surface area contributed by atoms with Gasteiger partial charge in [0.1, 0.15) is 16.7 Å². The number of oxazole rings is 1. The minimum absolute atomic E-state index is 0.622. The minimum Gasteiger partial charge on any atom is -0.456 e. The fraction of sp³-hybridized carbons (Fsp3) is 0. The number of para-hydroxylation sites is 2. The van der Waals surface area contributed by atoms with E-state index in [2.05, 4.69) is 114 Å². The Kier molecular flexibility index (Phi) is 5.78. The lowest BCUT2D eigenvalue weighted by molar-refractivity contribution is 0.623. The van der Waals surface area contributed by atoms with Crippen LogP contribution in [0, 0.1) is 0 Å². The van der Waals surface area contributed by atoms with Crippen LogP contribution in [0.3, 0.4) is 0 Å². The highest BCUT2D eigenvalue weighted by molar-refractivity contribution is 6.13. The van der Waals surface area contributed by atoms with Crippen molar-refractivity contribution in [2.75, 3.05) is 4.90 Å². The molecule has 0 aliphatic rings. The third kappa shape index (κ3) is 4.19. The normalized spacial score (nSPS) is 11.6. The Balaban J connectivity index is 1.24. The number of hydrogen-bond acceptors (Lipinski definition) is 4. The molecule has 0 fully saturated rings. The lowest BCUT2D eigenvalue weighted by atomic mass is 9.98. The Morgan fingerprint density at radius 3 is 2.04 bits per heavy atom. The number of fused-ring (bicyclic) bond motifs is 6. The maximum absolute atomic E-state index is 6.42. The third-order valence-electron chi connectivity index (χ3n) is 8.48. The number of furan rings is 1. The van der Waals surface area contributed by atoms with Gasteiger partial charge in [-0.05, 0) is 77.9 Å². The Labute approximate surface area is 259 Å². The predicted molar refractivity (Wildman–Crippen MR) is 184 cm³/mol. The molecule has 0 spiro atoms. The van der Waals surface area contributed by atoms with Crippen molar-refractivity contribution in [3.63, 3.8) is 0 Å². The van der Waals surface area contributed by atoms with E-state index in [0.29, 0.717) is 5.89 Å². The zero-order chi connectivity index (χ0) is 29.7. The second-order valence-electron chi connectivity index (χ2n) is 11.2. The van der Waals surface area contributed by atoms with Crippen LogP contribution in [0.2, 0.25) is 0 Å². The van der Waals surface area contributed by atoms with E-state index >= 15 is 0 Å². The van der Waals surface area contributed by atoms with Crippen molar-refractivity contribution < 1.29 is 8.83 Å². The van der Waals surface area contributed by atoms with Gasteiger partial charge >= 0.3 is 0 Å². The molecule has 7 aromatic carbocycles. The minimum atomic E-state index is 0.622. The summed E-state index contributed by atoms with van der Waals surface area (Å²) >= 11 is 0. The number of rotatable bonds is 5. The fourth-order valence-electron chi connectivity index (χ4n) is 6.46. The van der Waals surface area contributed by atoms with Gasteiger partial charge in [0.05, 0.1) is 5.69 Å². The van der Waals surface area contributed by atoms with E-state index < -0.39 is 0 Å². The van der Waals surface area contributed by atoms with Gasteiger partial charge in [-0.3, -0.25) is 0 Å². The Bertz CT molecular complexity index is 2490. The summed E-state index contributed by atoms with van der Waals surface area (Å²) < 4.78 is 12.6. The molecular weight excluding hydrogens is 552 g/mol. The van der Waals surface area contributed by atoms with E-state index in [0.717, 1.165) is 77.6 Å². The molecule has 4 nitrogen and oxygen atoms in total. The average Bonchev–Trinajstić information content (AvgIpc) is 3.72. The zero-order valence-corrected chi connectivity index (χ0v) is 24.2. The van der Waals surface area contributed by atoms with Gasteiger partial charge in [0.2, 0.25) is 5.89 Å². The predicted octanol–water partition coefficient (Wildman–Crippen LogP) is 11.7. The summed E-state index contributed by atoms with van der Waals surface area (Å²) in [6.45, 7) is 0. The van der Waals surface area contributed by atoms with E-state index in [4.69, 9.17) is 13.8 Å². The molecule has 0 aliphatic carbocycles. The zero-order valence-electron chi connectivity index (χ0n) is 24.2. The lowest BCUT2D eigenvalue weighted by Gasteiger charge is -2.27. The van der Waals surface area contributed by atoms with Crippen molar-refractivity contribution in [1.29, 1.82) is 0 Å². The molecule has 0 amide bonds. The number of benzene rings is 7. The van der Waals surface area contributed by atoms with Gasteiger partial charge < -0.3 is 13.7 Å². The van der Waals surface area contributed by atoms with E-state index in [9.17, 15) is 0 Å². The van der Waals surface area contributed by atoms with Crippen LogP contribution < -0.4 is 4.90 Å². The van der Waals surface area contributed by atoms with Crippen molar-refractivity contribution >= 4 is 60.9 Å². The highest BCUT2D eigenvalue weighted by Crippen LogP contribution is 2.43. The standard InChI is InChI=1S/C41H26N2O2/c1-3-12-27(13-4-1)41-42-35-25-24-32-33(40(35)45-41)20-10-21-36(32)43(29-15-5-2-6-16-29)30-17-9-14-28(26-30)31-19-11-23-38-39(31)34-18-7-8-22-37(34)44-38/h1-26H. The van der Waals surface area contributed by atoms with Gasteiger partial charge in [-0.25, -0.2) is 4.98 Å². The molecule has 4 heteroatoms. The highest BCUT2D eigenvalue weighted by atomic mass is 16.3. The largest absolute Gasteiger partial charge is 0.456 e. The molecule has 9 rings (SSSR count). The van der Waals surface area contributed by atoms with Crippen LogP contribution in [0.25, 0.3) is 66.4 Å². The van der Waals surface area contributed by atoms with E-state index in [1.165, 1.54) is 0 Å². The van der Waals surface area contributed by atoms with E-state index in [1.807, 2.05) is 48.5 Å². The van der Waals surface area contributed by atoms with Crippen LogP contribution >= 0.6 is 0 Å². The van der Waals surface area contributed by atoms with Crippen LogP contribution in [-0.2, 0) is 0 Å². The summed E-state index contributed by atoms with van der Waals surface area (Å²) in [5.41, 5.74) is 9.81. The third-order valence-corrected chi connectivity index (χ3v) is 8.48. The molecule has 0 radical (unpaired) electrons. The maximum atomic E-state index is 6.42. The summed E-state index contributed by atoms with van der Waals surface area (Å²) in [6.07, 6.45) is 0. The molecule has 0 N–H and O–H groups in total. The van der Waals surface area contributed by atoms with Crippen molar-refractivity contribution in [2.24, 2.45) is 0 Å². The Morgan fingerprint density at radius 1 is 0.467 bits per heavy atom. The fourth-order valence-corrected chi connectivity index (χ4v) is 6.46. The quantitative estimate of drug-likeness (QED) is 0.204. The Morgan fingerprint density at radius 2 is 1.16 bits per heavy atom. The molecule has 45 heavy (non-hydrogen) atoms. The van der Waals surface area contributed by atoms with Crippen molar-refractivity contribution in [1.82, 2.24) is 4.98 Å². The van der Waals surface area contributed by atoms with Crippen LogP contribution in [0.5, 0.6) is 0 Å². The number of hydrogen-bond donors (Lipinski definition) is 0. The average molecular weight is 579 g/mol. The summed E-state index contributed by atoms with van der Waals surface area (Å²) in [4.78, 5) is 7.14. The first-order chi connectivity index (χ1) is 22.3. The van der Waals surface area contributed by atoms with Gasteiger partial charge in [0.25, 0.3) is 0 Å². The molecule has 9 aromatic rings. The molecule has 0 unspecified atom stereocenters. The second-order valence-corrected chi connectivity index (χ2v) is 11.2. The summed E-state index contributed by atoms with van der Waals surface area (Å²) in [5.74, 6) is 0.622. The summed E-state index contributed by atoms with van der Waals surface area (Å²) in [5, 5.41) is 4.35. The van der Waals surface area contributed by atoms with Crippen LogP contribution in [-0.4, -0.2) is 4.98 Å². The van der Waals surface area contributed by atoms with Gasteiger partial charge in [0.15, 0.2) is 5.58 Å². The first kappa shape index (κ1) is 25.4. The van der Waals surface area contributed by atoms with Crippen LogP contribution in [0.1, 0.15) is 0 Å². The molecule has 212 valence electrons. The first-order valence-electron chi connectivity index (χ1n) is 15.1. The Hall–Kier alpha value is -6.13. The van der Waals surface area contributed by atoms with Crippen LogP contribution in [0.4, 0.5) is 17.1 Å². The topological polar surface area (TPSA) is 42.4 Å². The second kappa shape index (κ2) is 10.2. The smallest absolute Gasteiger partial charge is 0.227 e. The summed E-state index contributed by atoms with van der Waals surface area (Å²) in [7, 11) is 0. The van der Waals surface area contributed by atoms with Crippen molar-refractivity contribution in [3.05, 3.63) is 158 Å². The number of anilines is 3. The van der Waals surface area contributed by atoms with E-state index in [1.54, 1.807) is 0 Å². The molecule has 0 saturated carbocycles. The number of nitrogens with zero attached hydrogens (tertiary/aromatic N) is 2. The number of aromatic nitrogens is 1. The van der Waals surface area contributed by atoms with E-state index in [-0.39, 0.29) is 0 Å². The van der Waals surface area contributed by atoms with Gasteiger partial charge in [-0.2, -0.15) is 0 Å². The molecule has 0 bridgehead atoms. The van der Waals surface area contributed by atoms with Crippen LogP contribution in [0.15, 0.2) is 167 Å². The molecular formula is C41H26N2O2. The molecule has 2 heterocycles. The SMILES string of the molecule is c1ccc(-c2nc3ccc4c(N(c5ccccc5)c5cccc(-c6cccc7oc8ccccc8c67)c5)cccc4c3o2)cc1. The molecule has 0 saturated heterocycles. The van der Waals surface area contributed by atoms with Gasteiger partial charge in [0, 0.05) is 38.5 Å². The monoisotopic (exact) mass is 578 g/mol. The maximum Gasteiger partial charge on any atom is 0.227 e. The summed E-state index contributed by atoms with van der Waals surface area (Å²) in [6, 6.07) is 54.4. The molecule has 0 aliphatic heterocycles. The van der Waals surface area contributed by atoms with Crippen molar-refractivity contribution in [3.8, 4) is 22.6 Å². The molecule has 0 atom stereocenters. The lowest BCUT2D eigenvalue weighted by Crippen LogP contribution is -2.10. The van der Waals surface area contributed by atoms with Gasteiger partial charge in [-0.1, -0.05) is 91.0 Å².